The number of aromatic nitrogens is 1. The van der Waals surface area contributed by atoms with Gasteiger partial charge in [0.2, 0.25) is 5.60 Å². The molecule has 0 saturated heterocycles. The number of hydrogen-bond donors (Lipinski definition) is 5. The fourth-order valence-electron chi connectivity index (χ4n) is 2.02. The van der Waals surface area contributed by atoms with Crippen LogP contribution in [0.25, 0.3) is 0 Å². The number of carboxylic acids is 1. The van der Waals surface area contributed by atoms with Crippen molar-refractivity contribution >= 4 is 50.3 Å². The van der Waals surface area contributed by atoms with Crippen LogP contribution in [0.3, 0.4) is 0 Å². The molecule has 0 bridgehead atoms. The fraction of sp³-hybridized carbons (Fsp3) is 0.533. The number of amides is 1. The maximum atomic E-state index is 12.7. The van der Waals surface area contributed by atoms with Crippen molar-refractivity contribution < 1.29 is 42.0 Å². The zero-order chi connectivity index (χ0) is 24.0. The molecule has 1 aromatic rings. The molecule has 0 saturated carbocycles. The molecule has 6 N–H and O–H groups in total. The number of carbonyl (C=O) groups excluding carboxylic acids is 2. The van der Waals surface area contributed by atoms with E-state index in [1.165, 1.54) is 19.2 Å². The normalized spacial score (nSPS) is 14.4. The first-order chi connectivity index (χ1) is 14.2. The van der Waals surface area contributed by atoms with Crippen molar-refractivity contribution in [2.45, 2.75) is 45.4 Å². The summed E-state index contributed by atoms with van der Waals surface area (Å²) < 4.78 is 37.3. The largest absolute Gasteiger partial charge is 0.480 e. The van der Waals surface area contributed by atoms with Crippen molar-refractivity contribution in [3.05, 3.63) is 11.1 Å². The smallest absolute Gasteiger partial charge is 0.352 e. The minimum Gasteiger partial charge on any atom is -0.480 e. The Bertz CT molecular complexity index is 958. The predicted octanol–water partition coefficient (Wildman–Crippen LogP) is -0.862. The second-order valence-corrected chi connectivity index (χ2v) is 8.58. The summed E-state index contributed by atoms with van der Waals surface area (Å²) in [6.07, 6.45) is 0. The van der Waals surface area contributed by atoms with Gasteiger partial charge in [-0.1, -0.05) is 5.16 Å². The van der Waals surface area contributed by atoms with Crippen LogP contribution >= 0.6 is 11.3 Å². The number of aliphatic carboxylic acids is 1. The van der Waals surface area contributed by atoms with Gasteiger partial charge in [-0.05, 0) is 27.7 Å². The Balaban J connectivity index is 3.22. The highest BCUT2D eigenvalue weighted by Crippen LogP contribution is 2.16. The second kappa shape index (κ2) is 10.5. The number of carbonyl (C=O) groups is 3. The van der Waals surface area contributed by atoms with Gasteiger partial charge in [0.25, 0.3) is 5.91 Å². The summed E-state index contributed by atoms with van der Waals surface area (Å²) in [5, 5.41) is 16.4. The quantitative estimate of drug-likeness (QED) is 0.113. The van der Waals surface area contributed by atoms with Gasteiger partial charge in [0.15, 0.2) is 10.8 Å². The van der Waals surface area contributed by atoms with E-state index in [2.05, 4.69) is 15.5 Å². The van der Waals surface area contributed by atoms with E-state index in [0.29, 0.717) is 0 Å². The number of nitrogens with zero attached hydrogens (tertiary/aromatic N) is 2. The van der Waals surface area contributed by atoms with E-state index in [9.17, 15) is 27.9 Å². The fourth-order valence-corrected chi connectivity index (χ4v) is 3.17. The van der Waals surface area contributed by atoms with Gasteiger partial charge >= 0.3 is 22.2 Å². The van der Waals surface area contributed by atoms with Gasteiger partial charge in [0, 0.05) is 5.38 Å². The molecule has 0 aliphatic heterocycles. The first-order valence-corrected chi connectivity index (χ1v) is 10.9. The highest BCUT2D eigenvalue weighted by atomic mass is 32.2. The topological polar surface area (TPSA) is 220 Å². The van der Waals surface area contributed by atoms with Crippen LogP contribution in [0, 0.1) is 0 Å². The van der Waals surface area contributed by atoms with Crippen LogP contribution in [0.1, 0.15) is 33.4 Å². The van der Waals surface area contributed by atoms with Crippen LogP contribution in [0.5, 0.6) is 0 Å². The summed E-state index contributed by atoms with van der Waals surface area (Å²) in [6.45, 7) is 5.42. The van der Waals surface area contributed by atoms with E-state index in [1.807, 2.05) is 0 Å². The molecule has 1 rings (SSSR count). The second-order valence-electron chi connectivity index (χ2n) is 6.50. The monoisotopic (exact) mass is 481 g/mol. The van der Waals surface area contributed by atoms with Gasteiger partial charge in [-0.2, -0.15) is 13.1 Å². The minimum atomic E-state index is -4.75. The van der Waals surface area contributed by atoms with Gasteiger partial charge in [0.1, 0.15) is 11.7 Å². The molecule has 0 radical (unpaired) electrons. The van der Waals surface area contributed by atoms with E-state index in [4.69, 9.17) is 19.9 Å². The average Bonchev–Trinajstić information content (AvgIpc) is 3.04. The molecular formula is C15H23N5O9S2. The molecule has 14 nitrogen and oxygen atoms in total. The molecule has 0 aliphatic carbocycles. The number of nitrogens with one attached hydrogen (secondary N) is 2. The molecule has 0 fully saturated rings. The third-order valence-corrected chi connectivity index (χ3v) is 4.84. The van der Waals surface area contributed by atoms with Gasteiger partial charge in [-0.25, -0.2) is 14.6 Å². The molecule has 0 unspecified atom stereocenters. The van der Waals surface area contributed by atoms with Crippen LogP contribution in [-0.4, -0.2) is 70.9 Å². The molecule has 2 atom stereocenters. The lowest BCUT2D eigenvalue weighted by Crippen LogP contribution is -2.55. The van der Waals surface area contributed by atoms with Crippen LogP contribution in [0.2, 0.25) is 0 Å². The number of esters is 1. The molecule has 0 aromatic carbocycles. The van der Waals surface area contributed by atoms with Gasteiger partial charge < -0.3 is 25.7 Å². The van der Waals surface area contributed by atoms with Crippen LogP contribution in [-0.2, 0) is 34.3 Å². The summed E-state index contributed by atoms with van der Waals surface area (Å²) in [7, 11) is -4.75. The number of oxime groups is 1. The third kappa shape index (κ3) is 8.08. The number of carboxylic acid groups (broad SMARTS) is 1. The Morgan fingerprint density at radius 2 is 2.00 bits per heavy atom. The summed E-state index contributed by atoms with van der Waals surface area (Å²) in [6, 6.07) is -3.26. The lowest BCUT2D eigenvalue weighted by Gasteiger charge is -2.22. The van der Waals surface area contributed by atoms with Crippen molar-refractivity contribution in [1.82, 2.24) is 15.0 Å². The van der Waals surface area contributed by atoms with Crippen molar-refractivity contribution in [1.29, 1.82) is 0 Å². The van der Waals surface area contributed by atoms with Crippen LogP contribution in [0.4, 0.5) is 5.13 Å². The number of thiazole rings is 1. The van der Waals surface area contributed by atoms with Crippen LogP contribution in [0.15, 0.2) is 10.5 Å². The number of nitrogens with two attached hydrogens (primary N) is 1. The Kier molecular flexibility index (Phi) is 8.85. The lowest BCUT2D eigenvalue weighted by molar-refractivity contribution is -0.167. The molecule has 0 aliphatic rings. The van der Waals surface area contributed by atoms with E-state index in [1.54, 1.807) is 11.6 Å². The first-order valence-electron chi connectivity index (χ1n) is 8.61. The number of anilines is 1. The number of rotatable bonds is 11. The summed E-state index contributed by atoms with van der Waals surface area (Å²) >= 11 is 0.955. The Morgan fingerprint density at radius 1 is 1.39 bits per heavy atom. The highest BCUT2D eigenvalue weighted by Gasteiger charge is 2.34. The summed E-state index contributed by atoms with van der Waals surface area (Å²) in [5.74, 6) is -3.51. The molecule has 1 heterocycles. The van der Waals surface area contributed by atoms with E-state index in [-0.39, 0.29) is 17.4 Å². The maximum Gasteiger partial charge on any atom is 0.352 e. The van der Waals surface area contributed by atoms with Gasteiger partial charge in [-0.3, -0.25) is 9.35 Å². The van der Waals surface area contributed by atoms with E-state index in [0.717, 1.165) is 18.3 Å². The summed E-state index contributed by atoms with van der Waals surface area (Å²) in [5.41, 5.74) is 3.34. The number of nitrogen functional groups attached to an aromatic ring is 1. The van der Waals surface area contributed by atoms with Gasteiger partial charge in [0.05, 0.1) is 12.6 Å². The zero-order valence-electron chi connectivity index (χ0n) is 17.0. The third-order valence-electron chi connectivity index (χ3n) is 3.50. The molecule has 1 aromatic heterocycles. The molecule has 16 heteroatoms. The Hall–Kier alpha value is -2.82. The highest BCUT2D eigenvalue weighted by molar-refractivity contribution is 7.83. The van der Waals surface area contributed by atoms with Crippen molar-refractivity contribution in [3.8, 4) is 0 Å². The maximum absolute atomic E-state index is 12.7. The molecule has 0 spiro atoms. The standard InChI is InChI=1S/C15H23N5O9S2/c1-5-28-13(24)15(3,4)29-19-10(8-6-30-14(16)17-8)11(21)18-9(12(22)23)7(2)20-31(25,26)27/h6-7,9,20H,5H2,1-4H3,(H2,16,17)(H,18,21)(H,22,23)(H,25,26,27)/b19-10-/t7-,9-/m0/s1. The van der Waals surface area contributed by atoms with E-state index >= 15 is 0 Å². The molecule has 31 heavy (non-hydrogen) atoms. The minimum absolute atomic E-state index is 0.0661. The molecule has 1 amide bonds. The van der Waals surface area contributed by atoms with Crippen LogP contribution < -0.4 is 15.8 Å². The zero-order valence-corrected chi connectivity index (χ0v) is 18.6. The first kappa shape index (κ1) is 26.2. The van der Waals surface area contributed by atoms with Crippen molar-refractivity contribution in [2.75, 3.05) is 12.3 Å². The Morgan fingerprint density at radius 3 is 2.45 bits per heavy atom. The summed E-state index contributed by atoms with van der Waals surface area (Å²) in [4.78, 5) is 45.2. The van der Waals surface area contributed by atoms with Gasteiger partial charge in [-0.15, -0.1) is 11.3 Å². The lowest BCUT2D eigenvalue weighted by atomic mass is 10.1. The Labute approximate surface area is 181 Å². The van der Waals surface area contributed by atoms with E-state index < -0.39 is 51.5 Å². The predicted molar refractivity (Wildman–Crippen MR) is 109 cm³/mol. The molecular weight excluding hydrogens is 458 g/mol. The van der Waals surface area contributed by atoms with Crippen molar-refractivity contribution in [2.24, 2.45) is 5.16 Å². The van der Waals surface area contributed by atoms with Crippen molar-refractivity contribution in [3.63, 3.8) is 0 Å². The number of ether oxygens (including phenoxy) is 1. The average molecular weight is 482 g/mol. The SMILES string of the molecule is CCOC(=O)C(C)(C)O/N=C(\C(=O)N[C@H](C(=O)O)[C@H](C)NS(=O)(=O)O)c1csc(N)n1. The molecule has 174 valence electrons. The number of hydrogen-bond acceptors (Lipinski definition) is 11.